The summed E-state index contributed by atoms with van der Waals surface area (Å²) in [6.45, 7) is 0. The summed E-state index contributed by atoms with van der Waals surface area (Å²) in [6, 6.07) is 5.34. The van der Waals surface area contributed by atoms with Gasteiger partial charge >= 0.3 is 5.97 Å². The predicted molar refractivity (Wildman–Crippen MR) is 87.5 cm³/mol. The number of H-pyrrole nitrogens is 1. The number of carbonyl (C=O) groups excluding carboxylic acids is 2. The number of anilines is 1. The Bertz CT molecular complexity index is 795. The Morgan fingerprint density at radius 3 is 2.91 bits per heavy atom. The number of aromatic nitrogens is 1. The highest BCUT2D eigenvalue weighted by atomic mass is 32.1. The number of aromatic amines is 1. The van der Waals surface area contributed by atoms with E-state index in [1.807, 2.05) is 6.07 Å². The molecule has 1 aliphatic rings. The van der Waals surface area contributed by atoms with E-state index in [0.717, 1.165) is 24.8 Å². The van der Waals surface area contributed by atoms with E-state index in [0.29, 0.717) is 22.5 Å². The number of amides is 1. The quantitative estimate of drug-likeness (QED) is 0.664. The Labute approximate surface area is 138 Å². The molecule has 6 nitrogen and oxygen atoms in total. The van der Waals surface area contributed by atoms with Gasteiger partial charge in [0, 0.05) is 17.7 Å². The molecule has 2 atom stereocenters. The first-order valence-corrected chi connectivity index (χ1v) is 7.99. The van der Waals surface area contributed by atoms with Crippen LogP contribution in [0.25, 0.3) is 11.1 Å². The van der Waals surface area contributed by atoms with Crippen molar-refractivity contribution in [3.8, 4) is 0 Å². The minimum absolute atomic E-state index is 0.0768. The molecule has 0 bridgehead atoms. The number of ether oxygens (including phenoxy) is 1. The Kier molecular flexibility index (Phi) is 4.47. The number of fused-ring (bicyclic) bond motifs is 1. The van der Waals surface area contributed by atoms with Gasteiger partial charge in [-0.05, 0) is 43.6 Å². The number of benzene rings is 1. The summed E-state index contributed by atoms with van der Waals surface area (Å²) in [7, 11) is 1.38. The number of hydrogen-bond acceptors (Lipinski definition) is 5. The Morgan fingerprint density at radius 2 is 2.13 bits per heavy atom. The fourth-order valence-corrected chi connectivity index (χ4v) is 3.28. The number of rotatable bonds is 3. The topological polar surface area (TPSA) is 84.3 Å². The van der Waals surface area contributed by atoms with Crippen LogP contribution in [0.1, 0.15) is 25.7 Å². The van der Waals surface area contributed by atoms with Gasteiger partial charge in [-0.2, -0.15) is 0 Å². The highest BCUT2D eigenvalue weighted by molar-refractivity contribution is 7.71. The second-order valence-electron chi connectivity index (χ2n) is 5.80. The normalized spacial score (nSPS) is 21.1. The first-order valence-electron chi connectivity index (χ1n) is 7.58. The predicted octanol–water partition coefficient (Wildman–Crippen LogP) is 3.41. The molecule has 1 aromatic heterocycles. The number of esters is 1. The van der Waals surface area contributed by atoms with Crippen LogP contribution in [0.5, 0.6) is 0 Å². The zero-order valence-electron chi connectivity index (χ0n) is 12.8. The Morgan fingerprint density at radius 1 is 1.35 bits per heavy atom. The largest absolute Gasteiger partial charge is 0.469 e. The molecule has 1 fully saturated rings. The van der Waals surface area contributed by atoms with Crippen LogP contribution in [0.2, 0.25) is 0 Å². The first-order chi connectivity index (χ1) is 11.1. The van der Waals surface area contributed by atoms with Gasteiger partial charge in [-0.3, -0.25) is 9.59 Å². The van der Waals surface area contributed by atoms with Crippen molar-refractivity contribution in [2.75, 3.05) is 12.4 Å². The van der Waals surface area contributed by atoms with Crippen LogP contribution in [-0.2, 0) is 14.3 Å². The van der Waals surface area contributed by atoms with Crippen molar-refractivity contribution in [2.24, 2.45) is 11.8 Å². The lowest BCUT2D eigenvalue weighted by Crippen LogP contribution is -2.31. The van der Waals surface area contributed by atoms with E-state index >= 15 is 0 Å². The molecule has 0 unspecified atom stereocenters. The minimum Gasteiger partial charge on any atom is -0.469 e. The van der Waals surface area contributed by atoms with Crippen LogP contribution in [0.4, 0.5) is 5.69 Å². The number of oxazole rings is 1. The van der Waals surface area contributed by atoms with Crippen molar-refractivity contribution in [1.82, 2.24) is 4.98 Å². The zero-order chi connectivity index (χ0) is 16.4. The van der Waals surface area contributed by atoms with E-state index in [-0.39, 0.29) is 23.7 Å². The van der Waals surface area contributed by atoms with Crippen molar-refractivity contribution in [2.45, 2.75) is 25.7 Å². The first kappa shape index (κ1) is 15.7. The molecule has 0 radical (unpaired) electrons. The molecule has 1 heterocycles. The Hall–Kier alpha value is -2.15. The van der Waals surface area contributed by atoms with Crippen LogP contribution in [0.3, 0.4) is 0 Å². The maximum Gasteiger partial charge on any atom is 0.308 e. The number of methoxy groups -OCH3 is 1. The molecule has 0 saturated heterocycles. The fourth-order valence-electron chi connectivity index (χ4n) is 3.08. The molecule has 2 aromatic rings. The van der Waals surface area contributed by atoms with Crippen LogP contribution >= 0.6 is 12.2 Å². The summed E-state index contributed by atoms with van der Waals surface area (Å²) in [6.07, 6.45) is 2.95. The molecule has 0 spiro atoms. The van der Waals surface area contributed by atoms with E-state index in [2.05, 4.69) is 10.3 Å². The zero-order valence-corrected chi connectivity index (χ0v) is 13.6. The molecular weight excluding hydrogens is 316 g/mol. The average Bonchev–Trinajstić information content (AvgIpc) is 2.93. The van der Waals surface area contributed by atoms with Gasteiger partial charge in [-0.25, -0.2) is 0 Å². The molecule has 1 aliphatic carbocycles. The molecule has 1 aromatic carbocycles. The summed E-state index contributed by atoms with van der Waals surface area (Å²) in [5.74, 6) is -0.671. The van der Waals surface area contributed by atoms with Crippen molar-refractivity contribution in [3.05, 3.63) is 23.0 Å². The smallest absolute Gasteiger partial charge is 0.308 e. The molecule has 1 saturated carbocycles. The molecule has 3 rings (SSSR count). The van der Waals surface area contributed by atoms with Gasteiger partial charge in [-0.1, -0.05) is 6.42 Å². The average molecular weight is 334 g/mol. The van der Waals surface area contributed by atoms with Crippen LogP contribution in [0, 0.1) is 16.7 Å². The van der Waals surface area contributed by atoms with Crippen LogP contribution < -0.4 is 5.32 Å². The summed E-state index contributed by atoms with van der Waals surface area (Å²) in [5.41, 5.74) is 2.04. The lowest BCUT2D eigenvalue weighted by atomic mass is 9.81. The fraction of sp³-hybridized carbons (Fsp3) is 0.438. The molecule has 7 heteroatoms. The van der Waals surface area contributed by atoms with E-state index in [9.17, 15) is 9.59 Å². The van der Waals surface area contributed by atoms with E-state index in [4.69, 9.17) is 21.4 Å². The van der Waals surface area contributed by atoms with E-state index in [1.54, 1.807) is 12.1 Å². The third-order valence-electron chi connectivity index (χ3n) is 4.27. The molecule has 0 aliphatic heterocycles. The van der Waals surface area contributed by atoms with Crippen molar-refractivity contribution in [1.29, 1.82) is 0 Å². The van der Waals surface area contributed by atoms with E-state index < -0.39 is 0 Å². The third-order valence-corrected chi connectivity index (χ3v) is 4.45. The second kappa shape index (κ2) is 6.54. The highest BCUT2D eigenvalue weighted by Gasteiger charge is 2.31. The number of carbonyl (C=O) groups is 2. The molecule has 23 heavy (non-hydrogen) atoms. The molecule has 1 amide bonds. The number of nitrogens with one attached hydrogen (secondary N) is 2. The minimum atomic E-state index is -0.229. The monoisotopic (exact) mass is 334 g/mol. The van der Waals surface area contributed by atoms with E-state index in [1.165, 1.54) is 7.11 Å². The SMILES string of the molecule is COC(=O)[C@H]1CCC[C@H](C(=O)Nc2ccc3[nH]c(=S)oc3c2)C1. The molecule has 122 valence electrons. The lowest BCUT2D eigenvalue weighted by molar-refractivity contribution is -0.147. The van der Waals surface area contributed by atoms with Gasteiger partial charge in [0.1, 0.15) is 0 Å². The maximum atomic E-state index is 12.4. The van der Waals surface area contributed by atoms with Gasteiger partial charge < -0.3 is 19.5 Å². The maximum absolute atomic E-state index is 12.4. The van der Waals surface area contributed by atoms with Gasteiger partial charge in [0.05, 0.1) is 18.5 Å². The standard InChI is InChI=1S/C16H18N2O4S/c1-21-15(20)10-4-2-3-9(7-10)14(19)17-11-5-6-12-13(8-11)22-16(23)18-12/h5-6,8-10H,2-4,7H2,1H3,(H,17,19)(H,18,23)/t9-,10-/m0/s1. The highest BCUT2D eigenvalue weighted by Crippen LogP contribution is 2.31. The van der Waals surface area contributed by atoms with Gasteiger partial charge in [0.2, 0.25) is 5.91 Å². The van der Waals surface area contributed by atoms with Gasteiger partial charge in [0.15, 0.2) is 5.58 Å². The summed E-state index contributed by atoms with van der Waals surface area (Å²) >= 11 is 4.94. The van der Waals surface area contributed by atoms with Crippen LogP contribution in [-0.4, -0.2) is 24.0 Å². The molecule has 2 N–H and O–H groups in total. The Balaban J connectivity index is 1.69. The summed E-state index contributed by atoms with van der Waals surface area (Å²) in [4.78, 5) is 27.3. The van der Waals surface area contributed by atoms with Gasteiger partial charge in [0.25, 0.3) is 4.84 Å². The summed E-state index contributed by atoms with van der Waals surface area (Å²) in [5, 5.41) is 2.89. The lowest BCUT2D eigenvalue weighted by Gasteiger charge is -2.26. The molecular formula is C16H18N2O4S. The van der Waals surface area contributed by atoms with Crippen LogP contribution in [0.15, 0.2) is 22.6 Å². The van der Waals surface area contributed by atoms with Crippen molar-refractivity contribution < 1.29 is 18.7 Å². The second-order valence-corrected chi connectivity index (χ2v) is 6.17. The number of hydrogen-bond donors (Lipinski definition) is 2. The summed E-state index contributed by atoms with van der Waals surface area (Å²) < 4.78 is 10.1. The van der Waals surface area contributed by atoms with Crippen molar-refractivity contribution >= 4 is 40.9 Å². The van der Waals surface area contributed by atoms with Gasteiger partial charge in [-0.15, -0.1) is 0 Å². The van der Waals surface area contributed by atoms with Crippen molar-refractivity contribution in [3.63, 3.8) is 0 Å². The third kappa shape index (κ3) is 3.44.